The topological polar surface area (TPSA) is 76.2 Å². The van der Waals surface area contributed by atoms with Crippen LogP contribution in [0.5, 0.6) is 5.75 Å². The van der Waals surface area contributed by atoms with E-state index in [1.54, 1.807) is 30.3 Å². The molecule has 150 valence electrons. The highest BCUT2D eigenvalue weighted by Gasteiger charge is 2.13. The second kappa shape index (κ2) is 9.64. The summed E-state index contributed by atoms with van der Waals surface area (Å²) >= 11 is 18.8. The fraction of sp³-hybridized carbons (Fsp3) is 0.0455. The van der Waals surface area contributed by atoms with Crippen LogP contribution in [0.15, 0.2) is 60.7 Å². The van der Waals surface area contributed by atoms with E-state index in [9.17, 15) is 15.4 Å². The van der Waals surface area contributed by atoms with Crippen LogP contribution >= 0.6 is 34.8 Å². The van der Waals surface area contributed by atoms with Crippen molar-refractivity contribution in [2.45, 2.75) is 6.61 Å². The van der Waals surface area contributed by atoms with E-state index in [-0.39, 0.29) is 27.9 Å². The SMILES string of the molecule is N#C/C(=C/c1cc(Cl)c(OCc2ccccc2Cl)c(Cl)c1)c1cccc([N+](=O)[O-])c1. The fourth-order valence-corrected chi connectivity index (χ4v) is 3.50. The Hall–Kier alpha value is -3.04. The molecule has 5 nitrogen and oxygen atoms in total. The Morgan fingerprint density at radius 3 is 2.37 bits per heavy atom. The van der Waals surface area contributed by atoms with Crippen LogP contribution < -0.4 is 4.74 Å². The average Bonchev–Trinajstić information content (AvgIpc) is 2.72. The Bertz CT molecular complexity index is 1160. The van der Waals surface area contributed by atoms with E-state index in [2.05, 4.69) is 0 Å². The summed E-state index contributed by atoms with van der Waals surface area (Å²) in [5, 5.41) is 21.6. The zero-order valence-electron chi connectivity index (χ0n) is 15.3. The first-order chi connectivity index (χ1) is 14.4. The molecule has 0 aliphatic rings. The van der Waals surface area contributed by atoms with Gasteiger partial charge in [0.25, 0.3) is 5.69 Å². The number of ether oxygens (including phenoxy) is 1. The number of hydrogen-bond acceptors (Lipinski definition) is 4. The molecule has 0 aromatic heterocycles. The maximum atomic E-state index is 11.0. The summed E-state index contributed by atoms with van der Waals surface area (Å²) in [5.41, 5.74) is 1.88. The van der Waals surface area contributed by atoms with Gasteiger partial charge in [0.1, 0.15) is 6.61 Å². The lowest BCUT2D eigenvalue weighted by Gasteiger charge is -2.12. The predicted octanol–water partition coefficient (Wildman–Crippen LogP) is 7.20. The lowest BCUT2D eigenvalue weighted by molar-refractivity contribution is -0.384. The number of nitrogens with zero attached hydrogens (tertiary/aromatic N) is 2. The molecule has 8 heteroatoms. The van der Waals surface area contributed by atoms with E-state index in [4.69, 9.17) is 39.5 Å². The van der Waals surface area contributed by atoms with E-state index in [0.717, 1.165) is 5.56 Å². The number of rotatable bonds is 6. The van der Waals surface area contributed by atoms with Gasteiger partial charge in [-0.1, -0.05) is 65.1 Å². The number of hydrogen-bond donors (Lipinski definition) is 0. The number of allylic oxidation sites excluding steroid dienone is 1. The van der Waals surface area contributed by atoms with Gasteiger partial charge in [-0.15, -0.1) is 0 Å². The maximum Gasteiger partial charge on any atom is 0.270 e. The second-order valence-electron chi connectivity index (χ2n) is 6.17. The Kier molecular flexibility index (Phi) is 6.96. The fourth-order valence-electron chi connectivity index (χ4n) is 2.70. The van der Waals surface area contributed by atoms with Crippen molar-refractivity contribution < 1.29 is 9.66 Å². The highest BCUT2D eigenvalue weighted by molar-refractivity contribution is 6.37. The first-order valence-electron chi connectivity index (χ1n) is 8.61. The van der Waals surface area contributed by atoms with E-state index in [0.29, 0.717) is 21.9 Å². The van der Waals surface area contributed by atoms with Crippen LogP contribution in [0.1, 0.15) is 16.7 Å². The van der Waals surface area contributed by atoms with Crippen LogP contribution in [-0.2, 0) is 6.61 Å². The largest absolute Gasteiger partial charge is 0.486 e. The molecule has 0 radical (unpaired) electrons. The van der Waals surface area contributed by atoms with E-state index in [1.807, 2.05) is 24.3 Å². The summed E-state index contributed by atoms with van der Waals surface area (Å²) in [6, 6.07) is 18.3. The molecule has 0 saturated carbocycles. The summed E-state index contributed by atoms with van der Waals surface area (Å²) in [4.78, 5) is 10.5. The van der Waals surface area contributed by atoms with Crippen LogP contribution in [-0.4, -0.2) is 4.92 Å². The van der Waals surface area contributed by atoms with Gasteiger partial charge in [0.15, 0.2) is 5.75 Å². The third-order valence-electron chi connectivity index (χ3n) is 4.15. The summed E-state index contributed by atoms with van der Waals surface area (Å²) in [5.74, 6) is 0.296. The van der Waals surface area contributed by atoms with E-state index < -0.39 is 4.92 Å². The molecule has 0 fully saturated rings. The van der Waals surface area contributed by atoms with Crippen LogP contribution in [0.3, 0.4) is 0 Å². The third kappa shape index (κ3) is 5.11. The van der Waals surface area contributed by atoms with Crippen LogP contribution in [0.25, 0.3) is 11.6 Å². The summed E-state index contributed by atoms with van der Waals surface area (Å²) < 4.78 is 5.74. The molecule has 0 heterocycles. The molecule has 0 atom stereocenters. The molecule has 0 unspecified atom stereocenters. The molecular formula is C22H13Cl3N2O3. The van der Waals surface area contributed by atoms with E-state index >= 15 is 0 Å². The van der Waals surface area contributed by atoms with Crippen molar-refractivity contribution >= 4 is 52.1 Å². The lowest BCUT2D eigenvalue weighted by atomic mass is 10.0. The van der Waals surface area contributed by atoms with E-state index in [1.165, 1.54) is 18.2 Å². The standard InChI is InChI=1S/C22H13Cl3N2O3/c23-19-7-2-1-4-16(19)13-30-22-20(24)9-14(10-21(22)25)8-17(12-26)15-5-3-6-18(11-15)27(28)29/h1-11H,13H2/b17-8-. The van der Waals surface area contributed by atoms with Gasteiger partial charge in [0.05, 0.1) is 26.6 Å². The van der Waals surface area contributed by atoms with Gasteiger partial charge in [-0.25, -0.2) is 0 Å². The third-order valence-corrected chi connectivity index (χ3v) is 5.08. The molecule has 0 aliphatic carbocycles. The molecule has 3 aromatic carbocycles. The van der Waals surface area contributed by atoms with Crippen molar-refractivity contribution in [2.24, 2.45) is 0 Å². The summed E-state index contributed by atoms with van der Waals surface area (Å²) in [7, 11) is 0. The molecule has 0 saturated heterocycles. The van der Waals surface area contributed by atoms with Gasteiger partial charge < -0.3 is 4.74 Å². The van der Waals surface area contributed by atoms with Crippen LogP contribution in [0.2, 0.25) is 15.1 Å². The number of benzene rings is 3. The van der Waals surface area contributed by atoms with Crippen molar-refractivity contribution in [1.29, 1.82) is 5.26 Å². The number of halogens is 3. The smallest absolute Gasteiger partial charge is 0.270 e. The minimum absolute atomic E-state index is 0.104. The van der Waals surface area contributed by atoms with Crippen molar-refractivity contribution in [3.8, 4) is 11.8 Å². The zero-order chi connectivity index (χ0) is 21.7. The highest BCUT2D eigenvalue weighted by Crippen LogP contribution is 2.36. The van der Waals surface area contributed by atoms with Gasteiger partial charge in [-0.05, 0) is 35.4 Å². The van der Waals surface area contributed by atoms with Gasteiger partial charge in [-0.3, -0.25) is 10.1 Å². The monoisotopic (exact) mass is 458 g/mol. The molecule has 30 heavy (non-hydrogen) atoms. The minimum atomic E-state index is -0.517. The molecule has 3 aromatic rings. The Balaban J connectivity index is 1.88. The van der Waals surface area contributed by atoms with Crippen molar-refractivity contribution in [3.63, 3.8) is 0 Å². The van der Waals surface area contributed by atoms with Crippen molar-refractivity contribution in [2.75, 3.05) is 0 Å². The molecular weight excluding hydrogens is 447 g/mol. The van der Waals surface area contributed by atoms with Gasteiger partial charge in [0, 0.05) is 22.7 Å². The summed E-state index contributed by atoms with van der Waals surface area (Å²) in [6.07, 6.45) is 1.55. The normalized spacial score (nSPS) is 11.1. The molecule has 0 spiro atoms. The Morgan fingerprint density at radius 1 is 1.03 bits per heavy atom. The number of nitriles is 1. The van der Waals surface area contributed by atoms with Gasteiger partial charge in [0.2, 0.25) is 0 Å². The average molecular weight is 460 g/mol. The summed E-state index contributed by atoms with van der Waals surface area (Å²) in [6.45, 7) is 0.186. The maximum absolute atomic E-state index is 11.0. The van der Waals surface area contributed by atoms with Gasteiger partial charge in [-0.2, -0.15) is 5.26 Å². The number of nitro benzene ring substituents is 1. The quantitative estimate of drug-likeness (QED) is 0.169. The minimum Gasteiger partial charge on any atom is -0.486 e. The molecule has 0 bridgehead atoms. The Labute approximate surface area is 187 Å². The van der Waals surface area contributed by atoms with Crippen molar-refractivity contribution in [3.05, 3.63) is 103 Å². The van der Waals surface area contributed by atoms with Crippen LogP contribution in [0, 0.1) is 21.4 Å². The molecule has 0 aliphatic heterocycles. The molecule has 3 rings (SSSR count). The predicted molar refractivity (Wildman–Crippen MR) is 119 cm³/mol. The second-order valence-corrected chi connectivity index (χ2v) is 7.39. The number of nitro groups is 1. The van der Waals surface area contributed by atoms with Crippen LogP contribution in [0.4, 0.5) is 5.69 Å². The zero-order valence-corrected chi connectivity index (χ0v) is 17.6. The molecule has 0 amide bonds. The first kappa shape index (κ1) is 21.7. The Morgan fingerprint density at radius 2 is 1.73 bits per heavy atom. The first-order valence-corrected chi connectivity index (χ1v) is 9.74. The lowest BCUT2D eigenvalue weighted by Crippen LogP contribution is -1.98. The number of non-ortho nitro benzene ring substituents is 1. The van der Waals surface area contributed by atoms with Crippen molar-refractivity contribution in [1.82, 2.24) is 0 Å². The highest BCUT2D eigenvalue weighted by atomic mass is 35.5. The molecule has 0 N–H and O–H groups in total. The van der Waals surface area contributed by atoms with Gasteiger partial charge >= 0.3 is 0 Å².